The molecule has 7 heteroatoms. The molecule has 0 bridgehead atoms. The van der Waals surface area contributed by atoms with Gasteiger partial charge >= 0.3 is 16.1 Å². The fourth-order valence-electron chi connectivity index (χ4n) is 1.52. The lowest BCUT2D eigenvalue weighted by atomic mass is 10.3. The molecule has 0 saturated heterocycles. The number of hydrogen-bond acceptors (Lipinski definition) is 5. The van der Waals surface area contributed by atoms with Gasteiger partial charge in [-0.3, -0.25) is 0 Å². The Hall–Kier alpha value is -2.54. The van der Waals surface area contributed by atoms with E-state index in [2.05, 4.69) is 0 Å². The second-order valence-electron chi connectivity index (χ2n) is 4.01. The molecule has 0 saturated carbocycles. The second kappa shape index (κ2) is 6.27. The SMILES string of the molecule is O=C(O)COc1cccc(OS(=O)(=O)c2ccccc2)c1. The maximum Gasteiger partial charge on any atom is 0.341 e. The number of carboxylic acids is 1. The first-order valence-corrected chi connectivity index (χ1v) is 7.32. The largest absolute Gasteiger partial charge is 0.482 e. The summed E-state index contributed by atoms with van der Waals surface area (Å²) in [4.78, 5) is 10.4. The Labute approximate surface area is 121 Å². The van der Waals surface area contributed by atoms with Crippen LogP contribution in [-0.4, -0.2) is 26.1 Å². The van der Waals surface area contributed by atoms with Crippen LogP contribution >= 0.6 is 0 Å². The zero-order valence-electron chi connectivity index (χ0n) is 10.8. The van der Waals surface area contributed by atoms with E-state index in [1.807, 2.05) is 0 Å². The van der Waals surface area contributed by atoms with Crippen LogP contribution in [-0.2, 0) is 14.9 Å². The van der Waals surface area contributed by atoms with E-state index in [1.165, 1.54) is 36.4 Å². The fourth-order valence-corrected chi connectivity index (χ4v) is 2.47. The van der Waals surface area contributed by atoms with E-state index in [9.17, 15) is 13.2 Å². The van der Waals surface area contributed by atoms with Crippen molar-refractivity contribution < 1.29 is 27.2 Å². The summed E-state index contributed by atoms with van der Waals surface area (Å²) >= 11 is 0. The molecular weight excluding hydrogens is 296 g/mol. The Morgan fingerprint density at radius 1 is 1.00 bits per heavy atom. The van der Waals surface area contributed by atoms with Crippen molar-refractivity contribution in [2.24, 2.45) is 0 Å². The van der Waals surface area contributed by atoms with Gasteiger partial charge in [0, 0.05) is 6.07 Å². The number of rotatable bonds is 6. The monoisotopic (exact) mass is 308 g/mol. The summed E-state index contributed by atoms with van der Waals surface area (Å²) in [7, 11) is -3.93. The zero-order valence-corrected chi connectivity index (χ0v) is 11.6. The van der Waals surface area contributed by atoms with Gasteiger partial charge in [0.05, 0.1) is 0 Å². The summed E-state index contributed by atoms with van der Waals surface area (Å²) in [5.74, 6) is -0.877. The Balaban J connectivity index is 2.16. The normalized spacial score (nSPS) is 10.9. The summed E-state index contributed by atoms with van der Waals surface area (Å²) in [6, 6.07) is 13.5. The quantitative estimate of drug-likeness (QED) is 0.820. The van der Waals surface area contributed by atoms with Gasteiger partial charge in [-0.2, -0.15) is 8.42 Å². The van der Waals surface area contributed by atoms with Crippen molar-refractivity contribution in [3.8, 4) is 11.5 Å². The average Bonchev–Trinajstić information content (AvgIpc) is 2.46. The highest BCUT2D eigenvalue weighted by Gasteiger charge is 2.16. The van der Waals surface area contributed by atoms with E-state index in [4.69, 9.17) is 14.0 Å². The van der Waals surface area contributed by atoms with Crippen molar-refractivity contribution in [1.82, 2.24) is 0 Å². The van der Waals surface area contributed by atoms with Gasteiger partial charge in [-0.1, -0.05) is 24.3 Å². The van der Waals surface area contributed by atoms with E-state index in [0.717, 1.165) is 0 Å². The molecule has 2 aromatic rings. The lowest BCUT2D eigenvalue weighted by Gasteiger charge is -2.08. The van der Waals surface area contributed by atoms with Gasteiger partial charge in [0.1, 0.15) is 16.4 Å². The van der Waals surface area contributed by atoms with Crippen LogP contribution in [0, 0.1) is 0 Å². The van der Waals surface area contributed by atoms with Crippen molar-refractivity contribution in [2.45, 2.75) is 4.90 Å². The average molecular weight is 308 g/mol. The molecule has 0 amide bonds. The van der Waals surface area contributed by atoms with Crippen LogP contribution in [0.15, 0.2) is 59.5 Å². The molecule has 1 N–H and O–H groups in total. The van der Waals surface area contributed by atoms with Gasteiger partial charge in [0.15, 0.2) is 6.61 Å². The van der Waals surface area contributed by atoms with Crippen LogP contribution in [0.1, 0.15) is 0 Å². The molecule has 0 aromatic heterocycles. The van der Waals surface area contributed by atoms with Crippen LogP contribution < -0.4 is 8.92 Å². The minimum absolute atomic E-state index is 0.0295. The van der Waals surface area contributed by atoms with Crippen molar-refractivity contribution in [3.63, 3.8) is 0 Å². The molecule has 6 nitrogen and oxygen atoms in total. The molecule has 0 atom stereocenters. The number of carbonyl (C=O) groups is 1. The Kier molecular flexibility index (Phi) is 4.44. The molecule has 0 aliphatic rings. The van der Waals surface area contributed by atoms with Crippen LogP contribution in [0.3, 0.4) is 0 Å². The number of benzene rings is 2. The third kappa shape index (κ3) is 4.22. The highest BCUT2D eigenvalue weighted by atomic mass is 32.2. The molecule has 0 heterocycles. The molecule has 2 aromatic carbocycles. The molecule has 110 valence electrons. The van der Waals surface area contributed by atoms with E-state index in [-0.39, 0.29) is 16.4 Å². The number of ether oxygens (including phenoxy) is 1. The third-order valence-corrected chi connectivity index (χ3v) is 3.67. The van der Waals surface area contributed by atoms with E-state index in [0.29, 0.717) is 0 Å². The van der Waals surface area contributed by atoms with Crippen LogP contribution in [0.25, 0.3) is 0 Å². The fraction of sp³-hybridized carbons (Fsp3) is 0.0714. The second-order valence-corrected chi connectivity index (χ2v) is 5.55. The topological polar surface area (TPSA) is 89.9 Å². The highest BCUT2D eigenvalue weighted by Crippen LogP contribution is 2.23. The first kappa shape index (κ1) is 14.9. The lowest BCUT2D eigenvalue weighted by molar-refractivity contribution is -0.139. The van der Waals surface area contributed by atoms with Crippen molar-refractivity contribution in [3.05, 3.63) is 54.6 Å². The molecule has 0 radical (unpaired) electrons. The van der Waals surface area contributed by atoms with Crippen molar-refractivity contribution in [2.75, 3.05) is 6.61 Å². The van der Waals surface area contributed by atoms with Gasteiger partial charge in [-0.05, 0) is 24.3 Å². The minimum atomic E-state index is -3.93. The van der Waals surface area contributed by atoms with Crippen molar-refractivity contribution in [1.29, 1.82) is 0 Å². The summed E-state index contributed by atoms with van der Waals surface area (Å²) in [6.07, 6.45) is 0. The molecule has 0 spiro atoms. The molecule has 0 aliphatic heterocycles. The zero-order chi connectivity index (χ0) is 15.3. The number of hydrogen-bond donors (Lipinski definition) is 1. The van der Waals surface area contributed by atoms with Gasteiger partial charge in [0.2, 0.25) is 0 Å². The maximum absolute atomic E-state index is 12.0. The molecule has 0 unspecified atom stereocenters. The predicted molar refractivity (Wildman–Crippen MR) is 73.8 cm³/mol. The van der Waals surface area contributed by atoms with Crippen LogP contribution in [0.5, 0.6) is 11.5 Å². The Morgan fingerprint density at radius 3 is 2.33 bits per heavy atom. The number of aliphatic carboxylic acids is 1. The first-order chi connectivity index (χ1) is 9.97. The molecule has 0 fully saturated rings. The maximum atomic E-state index is 12.0. The lowest BCUT2D eigenvalue weighted by Crippen LogP contribution is -2.11. The van der Waals surface area contributed by atoms with Gasteiger partial charge in [-0.15, -0.1) is 0 Å². The number of carboxylic acid groups (broad SMARTS) is 1. The van der Waals surface area contributed by atoms with Crippen molar-refractivity contribution >= 4 is 16.1 Å². The highest BCUT2D eigenvalue weighted by molar-refractivity contribution is 7.87. The van der Waals surface area contributed by atoms with E-state index in [1.54, 1.807) is 18.2 Å². The predicted octanol–water partition coefficient (Wildman–Crippen LogP) is 1.92. The Morgan fingerprint density at radius 2 is 1.67 bits per heavy atom. The molecule has 21 heavy (non-hydrogen) atoms. The first-order valence-electron chi connectivity index (χ1n) is 5.91. The Bertz CT molecular complexity index is 724. The minimum Gasteiger partial charge on any atom is -0.482 e. The van der Waals surface area contributed by atoms with E-state index < -0.39 is 22.7 Å². The third-order valence-electron chi connectivity index (χ3n) is 2.41. The van der Waals surface area contributed by atoms with Crippen LogP contribution in [0.4, 0.5) is 0 Å². The van der Waals surface area contributed by atoms with Gasteiger partial charge in [-0.25, -0.2) is 4.79 Å². The van der Waals surface area contributed by atoms with E-state index >= 15 is 0 Å². The summed E-state index contributed by atoms with van der Waals surface area (Å²) in [6.45, 7) is -0.519. The van der Waals surface area contributed by atoms with Crippen LogP contribution in [0.2, 0.25) is 0 Å². The standard InChI is InChI=1S/C14H12O6S/c15-14(16)10-19-11-5-4-6-12(9-11)20-21(17,18)13-7-2-1-3-8-13/h1-9H,10H2,(H,15,16). The molecule has 2 rings (SSSR count). The van der Waals surface area contributed by atoms with Gasteiger partial charge in [0.25, 0.3) is 0 Å². The summed E-state index contributed by atoms with van der Waals surface area (Å²) in [5.41, 5.74) is 0. The molecule has 0 aliphatic carbocycles. The summed E-state index contributed by atoms with van der Waals surface area (Å²) in [5, 5.41) is 8.53. The van der Waals surface area contributed by atoms with Gasteiger partial charge < -0.3 is 14.0 Å². The summed E-state index contributed by atoms with van der Waals surface area (Å²) < 4.78 is 34.0. The molecular formula is C14H12O6S. The smallest absolute Gasteiger partial charge is 0.341 e.